The maximum Gasteiger partial charge on any atom is 0.340 e. The van der Waals surface area contributed by atoms with Crippen molar-refractivity contribution in [1.29, 1.82) is 0 Å². The molecule has 0 aliphatic rings. The molecule has 0 saturated heterocycles. The van der Waals surface area contributed by atoms with Gasteiger partial charge in [0.1, 0.15) is 11.6 Å². The number of sulfonamides is 1. The monoisotopic (exact) mass is 400 g/mol. The highest BCUT2D eigenvalue weighted by atomic mass is 32.2. The number of anilines is 1. The Labute approximate surface area is 153 Å². The highest BCUT2D eigenvalue weighted by Crippen LogP contribution is 2.28. The summed E-state index contributed by atoms with van der Waals surface area (Å²) in [5.74, 6) is -3.64. The van der Waals surface area contributed by atoms with E-state index in [2.05, 4.69) is 4.74 Å². The molecule has 2 aromatic carbocycles. The van der Waals surface area contributed by atoms with Gasteiger partial charge in [-0.05, 0) is 31.0 Å². The number of ether oxygens (including phenoxy) is 1. The van der Waals surface area contributed by atoms with Crippen LogP contribution in [0.25, 0.3) is 0 Å². The normalized spacial score (nSPS) is 11.1. The van der Waals surface area contributed by atoms with Crippen molar-refractivity contribution in [2.45, 2.75) is 18.7 Å². The number of nitro benzene ring substituents is 1. The van der Waals surface area contributed by atoms with Crippen LogP contribution in [0.3, 0.4) is 0 Å². The fraction of sp³-hybridized carbons (Fsp3) is 0.188. The number of hydrogen-bond donors (Lipinski definition) is 1. The zero-order valence-electron chi connectivity index (χ0n) is 14.4. The molecule has 2 aromatic rings. The number of carbonyl (C=O) groups excluding carboxylic acids is 1. The van der Waals surface area contributed by atoms with Crippen LogP contribution in [0.4, 0.5) is 20.2 Å². The number of non-ortho nitro benzene ring substituents is 1. The van der Waals surface area contributed by atoms with E-state index in [0.29, 0.717) is 17.7 Å². The third kappa shape index (κ3) is 4.03. The number of halogens is 2. The molecular formula is C16H14F2N2O6S. The topological polar surface area (TPSA) is 116 Å². The Morgan fingerprint density at radius 2 is 1.78 bits per heavy atom. The number of methoxy groups -OCH3 is 1. The summed E-state index contributed by atoms with van der Waals surface area (Å²) in [5.41, 5.74) is -1.31. The van der Waals surface area contributed by atoms with Gasteiger partial charge in [-0.1, -0.05) is 0 Å². The van der Waals surface area contributed by atoms with Crippen molar-refractivity contribution in [3.8, 4) is 0 Å². The van der Waals surface area contributed by atoms with Crippen LogP contribution in [0.15, 0.2) is 29.2 Å². The number of esters is 1. The van der Waals surface area contributed by atoms with Crippen LogP contribution in [0.1, 0.15) is 21.5 Å². The number of hydrogen-bond acceptors (Lipinski definition) is 6. The first-order chi connectivity index (χ1) is 12.5. The summed E-state index contributed by atoms with van der Waals surface area (Å²) in [6.45, 7) is 2.91. The van der Waals surface area contributed by atoms with Gasteiger partial charge in [-0.15, -0.1) is 0 Å². The van der Waals surface area contributed by atoms with Gasteiger partial charge in [0.05, 0.1) is 28.2 Å². The molecule has 0 aliphatic heterocycles. The lowest BCUT2D eigenvalue weighted by Crippen LogP contribution is -2.17. The molecule has 0 amide bonds. The van der Waals surface area contributed by atoms with Crippen LogP contribution < -0.4 is 4.72 Å². The Morgan fingerprint density at radius 3 is 2.33 bits per heavy atom. The Hall–Kier alpha value is -3.08. The molecule has 0 atom stereocenters. The maximum atomic E-state index is 14.0. The molecule has 0 radical (unpaired) electrons. The second kappa shape index (κ2) is 7.27. The zero-order valence-corrected chi connectivity index (χ0v) is 15.2. The number of rotatable bonds is 5. The summed E-state index contributed by atoms with van der Waals surface area (Å²) in [7, 11) is -3.50. The van der Waals surface area contributed by atoms with Crippen LogP contribution in [-0.2, 0) is 14.8 Å². The number of nitrogens with zero attached hydrogens (tertiary/aromatic N) is 1. The average Bonchev–Trinajstić information content (AvgIpc) is 2.58. The molecule has 11 heteroatoms. The van der Waals surface area contributed by atoms with Crippen molar-refractivity contribution in [2.75, 3.05) is 11.8 Å². The molecule has 0 aromatic heterocycles. The molecule has 0 aliphatic carbocycles. The van der Waals surface area contributed by atoms with E-state index in [1.54, 1.807) is 0 Å². The van der Waals surface area contributed by atoms with Crippen molar-refractivity contribution >= 4 is 27.4 Å². The molecule has 0 spiro atoms. The SMILES string of the molecule is COC(=O)c1cc(NS(=O)(=O)c2cc([N+](=O)[O-])cc(C)c2C)c(F)cc1F. The lowest BCUT2D eigenvalue weighted by atomic mass is 10.1. The van der Waals surface area contributed by atoms with Gasteiger partial charge >= 0.3 is 5.97 Å². The van der Waals surface area contributed by atoms with E-state index < -0.39 is 54.4 Å². The highest BCUT2D eigenvalue weighted by molar-refractivity contribution is 7.92. The van der Waals surface area contributed by atoms with Gasteiger partial charge in [-0.25, -0.2) is 22.0 Å². The number of nitro groups is 1. The summed E-state index contributed by atoms with van der Waals surface area (Å²) in [6.07, 6.45) is 0. The van der Waals surface area contributed by atoms with E-state index in [9.17, 15) is 32.1 Å². The predicted octanol–water partition coefficient (Wildman–Crippen LogP) is 3.08. The first-order valence-corrected chi connectivity index (χ1v) is 8.82. The van der Waals surface area contributed by atoms with Gasteiger partial charge in [-0.2, -0.15) is 0 Å². The summed E-state index contributed by atoms with van der Waals surface area (Å²) in [6, 6.07) is 3.00. The van der Waals surface area contributed by atoms with Crippen LogP contribution >= 0.6 is 0 Å². The quantitative estimate of drug-likeness (QED) is 0.468. The predicted molar refractivity (Wildman–Crippen MR) is 91.1 cm³/mol. The molecule has 0 fully saturated rings. The van der Waals surface area contributed by atoms with Gasteiger partial charge in [0, 0.05) is 18.2 Å². The fourth-order valence-electron chi connectivity index (χ4n) is 2.29. The Balaban J connectivity index is 2.58. The van der Waals surface area contributed by atoms with Gasteiger partial charge in [-0.3, -0.25) is 14.8 Å². The van der Waals surface area contributed by atoms with Crippen molar-refractivity contribution in [1.82, 2.24) is 0 Å². The molecule has 8 nitrogen and oxygen atoms in total. The van der Waals surface area contributed by atoms with Crippen LogP contribution in [0, 0.1) is 35.6 Å². The molecule has 2 rings (SSSR count). The zero-order chi connectivity index (χ0) is 20.5. The van der Waals surface area contributed by atoms with E-state index in [1.807, 2.05) is 4.72 Å². The Bertz CT molecular complexity index is 1050. The van der Waals surface area contributed by atoms with Gasteiger partial charge in [0.15, 0.2) is 0 Å². The van der Waals surface area contributed by atoms with E-state index in [4.69, 9.17) is 0 Å². The number of nitrogens with one attached hydrogen (secondary N) is 1. The molecule has 1 N–H and O–H groups in total. The van der Waals surface area contributed by atoms with Gasteiger partial charge in [0.2, 0.25) is 0 Å². The highest BCUT2D eigenvalue weighted by Gasteiger charge is 2.25. The third-order valence-corrected chi connectivity index (χ3v) is 5.30. The Kier molecular flexibility index (Phi) is 5.45. The number of aryl methyl sites for hydroxylation is 1. The molecule has 144 valence electrons. The largest absolute Gasteiger partial charge is 0.465 e. The van der Waals surface area contributed by atoms with E-state index >= 15 is 0 Å². The van der Waals surface area contributed by atoms with E-state index in [0.717, 1.165) is 13.2 Å². The molecule has 27 heavy (non-hydrogen) atoms. The maximum absolute atomic E-state index is 14.0. The van der Waals surface area contributed by atoms with Gasteiger partial charge in [0.25, 0.3) is 15.7 Å². The van der Waals surface area contributed by atoms with Crippen LogP contribution in [0.2, 0.25) is 0 Å². The minimum atomic E-state index is -4.48. The molecule has 0 unspecified atom stereocenters. The van der Waals surface area contributed by atoms with Crippen molar-refractivity contribution in [3.05, 3.63) is 62.7 Å². The molecular weight excluding hydrogens is 386 g/mol. The minimum absolute atomic E-state index is 0.212. The minimum Gasteiger partial charge on any atom is -0.465 e. The summed E-state index contributed by atoms with van der Waals surface area (Å²) < 4.78 is 59.2. The average molecular weight is 400 g/mol. The van der Waals surface area contributed by atoms with E-state index in [-0.39, 0.29) is 5.56 Å². The first-order valence-electron chi connectivity index (χ1n) is 7.33. The van der Waals surface area contributed by atoms with E-state index in [1.165, 1.54) is 19.9 Å². The number of carbonyl (C=O) groups is 1. The second-order valence-electron chi connectivity index (χ2n) is 5.55. The number of benzene rings is 2. The van der Waals surface area contributed by atoms with Crippen LogP contribution in [0.5, 0.6) is 0 Å². The van der Waals surface area contributed by atoms with Crippen LogP contribution in [-0.4, -0.2) is 26.4 Å². The molecule has 0 bridgehead atoms. The fourth-order valence-corrected chi connectivity index (χ4v) is 3.68. The van der Waals surface area contributed by atoms with Crippen molar-refractivity contribution < 1.29 is 31.7 Å². The first kappa shape index (κ1) is 20.2. The standard InChI is InChI=1S/C16H14F2N2O6S/c1-8-4-10(20(22)23)5-15(9(8)2)27(24,25)19-14-6-11(16(21)26-3)12(17)7-13(14)18/h4-7,19H,1-3H3. The molecule has 0 heterocycles. The summed E-state index contributed by atoms with van der Waals surface area (Å²) in [4.78, 5) is 21.3. The van der Waals surface area contributed by atoms with Gasteiger partial charge < -0.3 is 4.74 Å². The Morgan fingerprint density at radius 1 is 1.15 bits per heavy atom. The van der Waals surface area contributed by atoms with Crippen molar-refractivity contribution in [3.63, 3.8) is 0 Å². The lowest BCUT2D eigenvalue weighted by molar-refractivity contribution is -0.385. The smallest absolute Gasteiger partial charge is 0.340 e. The summed E-state index contributed by atoms with van der Waals surface area (Å²) >= 11 is 0. The second-order valence-corrected chi connectivity index (χ2v) is 7.20. The molecule has 0 saturated carbocycles. The third-order valence-electron chi connectivity index (χ3n) is 3.81. The van der Waals surface area contributed by atoms with Crippen molar-refractivity contribution in [2.24, 2.45) is 0 Å². The summed E-state index contributed by atoms with van der Waals surface area (Å²) in [5, 5.41) is 11.0. The lowest BCUT2D eigenvalue weighted by Gasteiger charge is -2.13.